The first kappa shape index (κ1) is 26.5. The number of nitrogens with one attached hydrogen (secondary N) is 2. The van der Waals surface area contributed by atoms with E-state index in [4.69, 9.17) is 4.74 Å². The fourth-order valence-corrected chi connectivity index (χ4v) is 4.27. The highest BCUT2D eigenvalue weighted by molar-refractivity contribution is 5.99. The van der Waals surface area contributed by atoms with Gasteiger partial charge in [0.2, 0.25) is 0 Å². The molecule has 3 rings (SSSR count). The highest BCUT2D eigenvalue weighted by atomic mass is 16.5. The minimum Gasteiger partial charge on any atom is -0.497 e. The van der Waals surface area contributed by atoms with E-state index in [1.807, 2.05) is 13.0 Å². The lowest BCUT2D eigenvalue weighted by molar-refractivity contribution is -0.138. The van der Waals surface area contributed by atoms with Gasteiger partial charge in [-0.2, -0.15) is 0 Å². The molecular formula is C26H32N4O6. The lowest BCUT2D eigenvalue weighted by Gasteiger charge is -2.43. The molecule has 0 spiro atoms. The molecule has 2 atom stereocenters. The number of carbonyl (C=O) groups excluding carboxylic acids is 3. The third-order valence-electron chi connectivity index (χ3n) is 5.93. The van der Waals surface area contributed by atoms with Crippen LogP contribution in [-0.4, -0.2) is 71.6 Å². The van der Waals surface area contributed by atoms with Gasteiger partial charge in [-0.3, -0.25) is 19.3 Å². The number of carboxylic acids is 1. The molecule has 0 aromatic heterocycles. The third kappa shape index (κ3) is 6.32. The highest BCUT2D eigenvalue weighted by Gasteiger charge is 2.41. The number of ether oxygens (including phenoxy) is 1. The van der Waals surface area contributed by atoms with Gasteiger partial charge >= 0.3 is 12.0 Å². The maximum Gasteiger partial charge on any atom is 0.319 e. The normalized spacial score (nSPS) is 16.1. The third-order valence-corrected chi connectivity index (χ3v) is 5.93. The number of carbonyl (C=O) groups is 4. The van der Waals surface area contributed by atoms with Crippen LogP contribution in [0, 0.1) is 6.92 Å². The van der Waals surface area contributed by atoms with Crippen LogP contribution in [0.3, 0.4) is 0 Å². The van der Waals surface area contributed by atoms with E-state index >= 15 is 0 Å². The Labute approximate surface area is 210 Å². The lowest BCUT2D eigenvalue weighted by Crippen LogP contribution is -2.65. The second-order valence-corrected chi connectivity index (χ2v) is 8.56. The van der Waals surface area contributed by atoms with Gasteiger partial charge in [0, 0.05) is 25.2 Å². The Morgan fingerprint density at radius 2 is 1.81 bits per heavy atom. The van der Waals surface area contributed by atoms with Crippen LogP contribution in [0.1, 0.15) is 47.3 Å². The molecule has 0 aliphatic carbocycles. The molecule has 4 amide bonds. The van der Waals surface area contributed by atoms with Gasteiger partial charge in [-0.15, -0.1) is 0 Å². The van der Waals surface area contributed by atoms with Crippen molar-refractivity contribution in [2.24, 2.45) is 0 Å². The number of hydrogen-bond acceptors (Lipinski definition) is 5. The van der Waals surface area contributed by atoms with E-state index in [9.17, 15) is 24.3 Å². The molecule has 3 N–H and O–H groups in total. The molecule has 1 aliphatic heterocycles. The van der Waals surface area contributed by atoms with Gasteiger partial charge in [-0.25, -0.2) is 4.79 Å². The number of carboxylic acid groups (broad SMARTS) is 1. The average molecular weight is 497 g/mol. The zero-order valence-electron chi connectivity index (χ0n) is 20.7. The second kappa shape index (κ2) is 12.1. The molecular weight excluding hydrogens is 464 g/mol. The van der Waals surface area contributed by atoms with Crippen LogP contribution < -0.4 is 15.4 Å². The van der Waals surface area contributed by atoms with Crippen molar-refractivity contribution in [3.05, 3.63) is 65.2 Å². The maximum atomic E-state index is 13.7. The van der Waals surface area contributed by atoms with Crippen LogP contribution in [0.25, 0.3) is 0 Å². The van der Waals surface area contributed by atoms with Crippen LogP contribution >= 0.6 is 0 Å². The van der Waals surface area contributed by atoms with Crippen molar-refractivity contribution in [1.82, 2.24) is 20.4 Å². The molecule has 0 saturated carbocycles. The molecule has 1 heterocycles. The summed E-state index contributed by atoms with van der Waals surface area (Å²) < 4.78 is 5.23. The van der Waals surface area contributed by atoms with Gasteiger partial charge in [0.1, 0.15) is 5.75 Å². The summed E-state index contributed by atoms with van der Waals surface area (Å²) in [5.74, 6) is -1.67. The van der Waals surface area contributed by atoms with Gasteiger partial charge in [0.25, 0.3) is 11.8 Å². The van der Waals surface area contributed by atoms with Crippen molar-refractivity contribution in [2.75, 3.05) is 26.7 Å². The van der Waals surface area contributed by atoms with Gasteiger partial charge in [-0.05, 0) is 44.0 Å². The number of benzene rings is 2. The van der Waals surface area contributed by atoms with E-state index in [1.54, 1.807) is 49.4 Å². The maximum absolute atomic E-state index is 13.7. The largest absolute Gasteiger partial charge is 0.497 e. The Bertz CT molecular complexity index is 1120. The van der Waals surface area contributed by atoms with Crippen LogP contribution in [-0.2, 0) is 9.59 Å². The summed E-state index contributed by atoms with van der Waals surface area (Å²) in [6.07, 6.45) is -1.13. The minimum atomic E-state index is -1.26. The van der Waals surface area contributed by atoms with Crippen molar-refractivity contribution >= 4 is 23.8 Å². The summed E-state index contributed by atoms with van der Waals surface area (Å²) in [6, 6.07) is 12.4. The molecule has 1 saturated heterocycles. The quantitative estimate of drug-likeness (QED) is 0.515. The summed E-state index contributed by atoms with van der Waals surface area (Å²) >= 11 is 0. The summed E-state index contributed by atoms with van der Waals surface area (Å²) in [5.41, 5.74) is 1.84. The predicted octanol–water partition coefficient (Wildman–Crippen LogP) is 2.54. The summed E-state index contributed by atoms with van der Waals surface area (Å²) in [7, 11) is 1.49. The first-order chi connectivity index (χ1) is 17.2. The van der Waals surface area contributed by atoms with Gasteiger partial charge in [0.05, 0.1) is 19.6 Å². The smallest absolute Gasteiger partial charge is 0.319 e. The molecule has 0 bridgehead atoms. The number of aliphatic carboxylic acids is 1. The molecule has 0 radical (unpaired) electrons. The fraction of sp³-hybridized carbons (Fsp3) is 0.385. The molecule has 10 heteroatoms. The Hall–Kier alpha value is -4.08. The van der Waals surface area contributed by atoms with E-state index in [2.05, 4.69) is 10.6 Å². The SMILES string of the molecule is CCNC(=O)N1CCCN(C(=O)c2cccc(OC)c2)C1C(=O)NC(CC(=O)O)c1cccc(C)c1. The highest BCUT2D eigenvalue weighted by Crippen LogP contribution is 2.23. The van der Waals surface area contributed by atoms with Crippen LogP contribution in [0.4, 0.5) is 4.79 Å². The molecule has 1 aliphatic rings. The first-order valence-electron chi connectivity index (χ1n) is 11.8. The molecule has 1 fully saturated rings. The Morgan fingerprint density at radius 3 is 2.47 bits per heavy atom. The number of rotatable bonds is 8. The average Bonchev–Trinajstić information content (AvgIpc) is 2.87. The molecule has 192 valence electrons. The van der Waals surface area contributed by atoms with Crippen molar-refractivity contribution < 1.29 is 29.0 Å². The van der Waals surface area contributed by atoms with E-state index in [0.717, 1.165) is 5.56 Å². The topological polar surface area (TPSA) is 128 Å². The molecule has 2 aromatic carbocycles. The summed E-state index contributed by atoms with van der Waals surface area (Å²) in [4.78, 5) is 54.4. The molecule has 2 aromatic rings. The number of amides is 4. The van der Waals surface area contributed by atoms with E-state index < -0.39 is 36.0 Å². The predicted molar refractivity (Wildman–Crippen MR) is 133 cm³/mol. The molecule has 2 unspecified atom stereocenters. The van der Waals surface area contributed by atoms with Crippen LogP contribution in [0.2, 0.25) is 0 Å². The number of methoxy groups -OCH3 is 1. The zero-order valence-corrected chi connectivity index (χ0v) is 20.7. The Balaban J connectivity index is 1.97. The number of urea groups is 1. The molecule has 36 heavy (non-hydrogen) atoms. The van der Waals surface area contributed by atoms with E-state index in [0.29, 0.717) is 29.8 Å². The van der Waals surface area contributed by atoms with Gasteiger partial charge in [-0.1, -0.05) is 35.9 Å². The summed E-state index contributed by atoms with van der Waals surface area (Å²) in [5, 5.41) is 15.0. The monoisotopic (exact) mass is 496 g/mol. The number of hydrogen-bond donors (Lipinski definition) is 3. The van der Waals surface area contributed by atoms with Crippen molar-refractivity contribution in [1.29, 1.82) is 0 Å². The second-order valence-electron chi connectivity index (χ2n) is 8.56. The molecule has 10 nitrogen and oxygen atoms in total. The van der Waals surface area contributed by atoms with E-state index in [1.165, 1.54) is 16.9 Å². The van der Waals surface area contributed by atoms with Gasteiger partial charge in [0.15, 0.2) is 6.17 Å². The fourth-order valence-electron chi connectivity index (χ4n) is 4.27. The van der Waals surface area contributed by atoms with Crippen molar-refractivity contribution in [3.8, 4) is 5.75 Å². The number of nitrogens with zero attached hydrogens (tertiary/aromatic N) is 2. The van der Waals surface area contributed by atoms with E-state index in [-0.39, 0.29) is 19.5 Å². The number of aryl methyl sites for hydroxylation is 1. The van der Waals surface area contributed by atoms with Crippen LogP contribution in [0.5, 0.6) is 5.75 Å². The van der Waals surface area contributed by atoms with Crippen LogP contribution in [0.15, 0.2) is 48.5 Å². The van der Waals surface area contributed by atoms with Crippen molar-refractivity contribution in [3.63, 3.8) is 0 Å². The zero-order chi connectivity index (χ0) is 26.2. The lowest BCUT2D eigenvalue weighted by atomic mass is 10.0. The van der Waals surface area contributed by atoms with Crippen molar-refractivity contribution in [2.45, 2.75) is 38.9 Å². The summed E-state index contributed by atoms with van der Waals surface area (Å²) in [6.45, 7) is 4.49. The Kier molecular flexibility index (Phi) is 8.88. The minimum absolute atomic E-state index is 0.248. The Morgan fingerprint density at radius 1 is 1.08 bits per heavy atom. The van der Waals surface area contributed by atoms with Gasteiger partial charge < -0.3 is 25.4 Å². The standard InChI is InChI=1S/C26H32N4O6/c1-4-27-26(35)30-13-7-12-29(25(34)19-10-6-11-20(15-19)36-3)24(30)23(33)28-21(16-22(31)32)18-9-5-8-17(2)14-18/h5-6,8-11,14-15,21,24H,4,7,12-13,16H2,1-3H3,(H,27,35)(H,28,33)(H,31,32). The first-order valence-corrected chi connectivity index (χ1v) is 11.8.